The molecule has 2 aliphatic heterocycles. The number of nitrogens with zero attached hydrogens (tertiary/aromatic N) is 2. The predicted octanol–water partition coefficient (Wildman–Crippen LogP) is 1.50. The molecule has 2 aliphatic rings. The van der Waals surface area contributed by atoms with Gasteiger partial charge in [-0.15, -0.1) is 0 Å². The fourth-order valence-electron chi connectivity index (χ4n) is 3.24. The molecule has 21 heavy (non-hydrogen) atoms. The molecule has 0 aromatic heterocycles. The Bertz CT molecular complexity index is 505. The number of amides is 1. The van der Waals surface area contributed by atoms with E-state index in [0.29, 0.717) is 11.8 Å². The number of carbonyl (C=O) groups is 1. The van der Waals surface area contributed by atoms with E-state index in [1.54, 1.807) is 0 Å². The van der Waals surface area contributed by atoms with E-state index in [2.05, 4.69) is 53.2 Å². The number of benzene rings is 1. The van der Waals surface area contributed by atoms with Crippen molar-refractivity contribution in [2.45, 2.75) is 13.8 Å². The largest absolute Gasteiger partial charge is 0.368 e. The van der Waals surface area contributed by atoms with Gasteiger partial charge in [-0.1, -0.05) is 25.1 Å². The summed E-state index contributed by atoms with van der Waals surface area (Å²) in [5.74, 6) is 1.04. The fourth-order valence-corrected chi connectivity index (χ4v) is 3.24. The van der Waals surface area contributed by atoms with Crippen LogP contribution in [0.25, 0.3) is 0 Å². The lowest BCUT2D eigenvalue weighted by molar-refractivity contribution is -0.137. The lowest BCUT2D eigenvalue weighted by Gasteiger charge is -2.40. The monoisotopic (exact) mass is 287 g/mol. The zero-order chi connectivity index (χ0) is 14.8. The lowest BCUT2D eigenvalue weighted by atomic mass is 9.88. The summed E-state index contributed by atoms with van der Waals surface area (Å²) < 4.78 is 0. The van der Waals surface area contributed by atoms with Gasteiger partial charge in [0.25, 0.3) is 0 Å². The van der Waals surface area contributed by atoms with Crippen molar-refractivity contribution in [3.05, 3.63) is 29.8 Å². The summed E-state index contributed by atoms with van der Waals surface area (Å²) in [7, 11) is 0. The molecule has 1 atom stereocenters. The van der Waals surface area contributed by atoms with Gasteiger partial charge in [0.05, 0.1) is 0 Å². The zero-order valence-electron chi connectivity index (χ0n) is 13.0. The number of piperazine rings is 1. The van der Waals surface area contributed by atoms with E-state index in [1.165, 1.54) is 11.3 Å². The van der Waals surface area contributed by atoms with Crippen molar-refractivity contribution in [3.8, 4) is 0 Å². The molecular formula is C17H25N3O. The first-order chi connectivity index (χ1) is 10.2. The quantitative estimate of drug-likeness (QED) is 0.915. The summed E-state index contributed by atoms with van der Waals surface area (Å²) in [5.41, 5.74) is 2.62. The van der Waals surface area contributed by atoms with E-state index in [4.69, 9.17) is 0 Å². The van der Waals surface area contributed by atoms with E-state index in [0.717, 1.165) is 39.3 Å². The second kappa shape index (κ2) is 6.06. The molecule has 0 saturated carbocycles. The molecule has 0 radical (unpaired) electrons. The highest BCUT2D eigenvalue weighted by Gasteiger charge is 2.32. The van der Waals surface area contributed by atoms with E-state index < -0.39 is 0 Å². The molecule has 1 aromatic rings. The van der Waals surface area contributed by atoms with Crippen LogP contribution in [0.15, 0.2) is 24.3 Å². The molecule has 1 amide bonds. The summed E-state index contributed by atoms with van der Waals surface area (Å²) in [5, 5.41) is 3.26. The first-order valence-electron chi connectivity index (χ1n) is 7.97. The number of carbonyl (C=O) groups excluding carboxylic acids is 1. The number of para-hydroxylation sites is 1. The van der Waals surface area contributed by atoms with Crippen molar-refractivity contribution in [1.29, 1.82) is 0 Å². The molecule has 0 bridgehead atoms. The average molecular weight is 287 g/mol. The molecule has 4 nitrogen and oxygen atoms in total. The van der Waals surface area contributed by atoms with Gasteiger partial charge in [-0.2, -0.15) is 0 Å². The van der Waals surface area contributed by atoms with Gasteiger partial charge in [-0.3, -0.25) is 4.79 Å². The third-order valence-corrected chi connectivity index (χ3v) is 4.96. The zero-order valence-corrected chi connectivity index (χ0v) is 13.0. The Balaban J connectivity index is 1.57. The second-order valence-corrected chi connectivity index (χ2v) is 6.31. The maximum Gasteiger partial charge on any atom is 0.225 e. The Labute approximate surface area is 127 Å². The Hall–Kier alpha value is -1.55. The van der Waals surface area contributed by atoms with Gasteiger partial charge in [0.2, 0.25) is 5.91 Å². The summed E-state index contributed by atoms with van der Waals surface area (Å²) >= 11 is 0. The first kappa shape index (κ1) is 14.4. The maximum absolute atomic E-state index is 12.5. The van der Waals surface area contributed by atoms with Crippen molar-refractivity contribution in [2.24, 2.45) is 11.8 Å². The number of aryl methyl sites for hydroxylation is 1. The van der Waals surface area contributed by atoms with Crippen molar-refractivity contribution < 1.29 is 4.79 Å². The van der Waals surface area contributed by atoms with Crippen LogP contribution < -0.4 is 10.2 Å². The minimum Gasteiger partial charge on any atom is -0.368 e. The van der Waals surface area contributed by atoms with E-state index in [-0.39, 0.29) is 5.92 Å². The van der Waals surface area contributed by atoms with Gasteiger partial charge in [0, 0.05) is 37.8 Å². The molecule has 2 fully saturated rings. The highest BCUT2D eigenvalue weighted by Crippen LogP contribution is 2.23. The molecule has 0 spiro atoms. The minimum absolute atomic E-state index is 0.163. The van der Waals surface area contributed by atoms with Gasteiger partial charge in [0.15, 0.2) is 0 Å². The van der Waals surface area contributed by atoms with E-state index in [1.807, 2.05) is 0 Å². The van der Waals surface area contributed by atoms with Crippen molar-refractivity contribution in [2.75, 3.05) is 44.2 Å². The average Bonchev–Trinajstić information content (AvgIpc) is 2.45. The lowest BCUT2D eigenvalue weighted by Crippen LogP contribution is -2.54. The summed E-state index contributed by atoms with van der Waals surface area (Å²) in [4.78, 5) is 17.0. The molecule has 1 aromatic carbocycles. The molecule has 1 unspecified atom stereocenters. The summed E-state index contributed by atoms with van der Waals surface area (Å²) in [6, 6.07) is 8.49. The highest BCUT2D eigenvalue weighted by molar-refractivity contribution is 5.79. The van der Waals surface area contributed by atoms with Crippen LogP contribution in [0.1, 0.15) is 12.5 Å². The highest BCUT2D eigenvalue weighted by atomic mass is 16.2. The van der Waals surface area contributed by atoms with Crippen molar-refractivity contribution in [3.63, 3.8) is 0 Å². The molecule has 0 aliphatic carbocycles. The molecular weight excluding hydrogens is 262 g/mol. The fraction of sp³-hybridized carbons (Fsp3) is 0.588. The van der Waals surface area contributed by atoms with E-state index in [9.17, 15) is 4.79 Å². The standard InChI is InChI=1S/C17H25N3O/c1-13-5-3-4-6-16(13)19-7-9-20(10-8-19)17(21)14(2)15-11-18-12-15/h3-6,14-15,18H,7-12H2,1-2H3. The number of hydrogen-bond acceptors (Lipinski definition) is 3. The van der Waals surface area contributed by atoms with E-state index >= 15 is 0 Å². The van der Waals surface area contributed by atoms with Crippen LogP contribution in [0.2, 0.25) is 0 Å². The van der Waals surface area contributed by atoms with Crippen LogP contribution in [0.3, 0.4) is 0 Å². The molecule has 2 heterocycles. The van der Waals surface area contributed by atoms with Gasteiger partial charge < -0.3 is 15.1 Å². The topological polar surface area (TPSA) is 35.6 Å². The molecule has 3 rings (SSSR count). The van der Waals surface area contributed by atoms with Crippen LogP contribution in [0.4, 0.5) is 5.69 Å². The summed E-state index contributed by atoms with van der Waals surface area (Å²) in [6.07, 6.45) is 0. The number of nitrogens with one attached hydrogen (secondary N) is 1. The molecule has 114 valence electrons. The normalized spacial score (nSPS) is 21.0. The van der Waals surface area contributed by atoms with Crippen molar-refractivity contribution >= 4 is 11.6 Å². The molecule has 1 N–H and O–H groups in total. The van der Waals surface area contributed by atoms with Crippen LogP contribution in [0.5, 0.6) is 0 Å². The minimum atomic E-state index is 0.163. The van der Waals surface area contributed by atoms with Gasteiger partial charge >= 0.3 is 0 Å². The number of rotatable bonds is 3. The Morgan fingerprint density at radius 1 is 1.19 bits per heavy atom. The maximum atomic E-state index is 12.5. The summed E-state index contributed by atoms with van der Waals surface area (Å²) in [6.45, 7) is 9.79. The number of anilines is 1. The van der Waals surface area contributed by atoms with Crippen LogP contribution in [-0.2, 0) is 4.79 Å². The second-order valence-electron chi connectivity index (χ2n) is 6.31. The first-order valence-corrected chi connectivity index (χ1v) is 7.97. The van der Waals surface area contributed by atoms with Gasteiger partial charge in [-0.25, -0.2) is 0 Å². The van der Waals surface area contributed by atoms with Gasteiger partial charge in [-0.05, 0) is 37.6 Å². The van der Waals surface area contributed by atoms with Crippen LogP contribution in [0, 0.1) is 18.8 Å². The third-order valence-electron chi connectivity index (χ3n) is 4.96. The Morgan fingerprint density at radius 3 is 2.43 bits per heavy atom. The molecule has 2 saturated heterocycles. The Kier molecular flexibility index (Phi) is 4.15. The van der Waals surface area contributed by atoms with Crippen LogP contribution >= 0.6 is 0 Å². The van der Waals surface area contributed by atoms with Crippen LogP contribution in [-0.4, -0.2) is 50.1 Å². The third kappa shape index (κ3) is 2.91. The smallest absolute Gasteiger partial charge is 0.225 e. The SMILES string of the molecule is Cc1ccccc1N1CCN(C(=O)C(C)C2CNC2)CC1. The van der Waals surface area contributed by atoms with Gasteiger partial charge in [0.1, 0.15) is 0 Å². The predicted molar refractivity (Wildman–Crippen MR) is 85.5 cm³/mol. The Morgan fingerprint density at radius 2 is 1.86 bits per heavy atom. The van der Waals surface area contributed by atoms with Crippen molar-refractivity contribution in [1.82, 2.24) is 10.2 Å². The molecule has 4 heteroatoms. The number of hydrogen-bond donors (Lipinski definition) is 1.